The van der Waals surface area contributed by atoms with Crippen molar-refractivity contribution in [1.82, 2.24) is 4.90 Å². The van der Waals surface area contributed by atoms with Crippen LogP contribution in [0.4, 0.5) is 5.69 Å². The number of fused-ring (bicyclic) bond motifs is 1. The third kappa shape index (κ3) is 4.04. The van der Waals surface area contributed by atoms with Crippen LogP contribution in [0.15, 0.2) is 47.4 Å². The number of rotatable bonds is 5. The van der Waals surface area contributed by atoms with Gasteiger partial charge in [0, 0.05) is 25.2 Å². The highest BCUT2D eigenvalue weighted by Crippen LogP contribution is 2.35. The van der Waals surface area contributed by atoms with E-state index >= 15 is 0 Å². The quantitative estimate of drug-likeness (QED) is 0.740. The number of hydrogen-bond acceptors (Lipinski definition) is 5. The summed E-state index contributed by atoms with van der Waals surface area (Å²) >= 11 is 0. The molecule has 2 N–H and O–H groups in total. The summed E-state index contributed by atoms with van der Waals surface area (Å²) < 4.78 is 34.1. The molecule has 32 heavy (non-hydrogen) atoms. The van der Waals surface area contributed by atoms with Gasteiger partial charge in [-0.05, 0) is 55.5 Å². The lowest BCUT2D eigenvalue weighted by molar-refractivity contribution is -0.123. The zero-order chi connectivity index (χ0) is 22.9. The van der Waals surface area contributed by atoms with E-state index in [2.05, 4.69) is 0 Å². The number of ether oxygens (including phenoxy) is 1. The molecule has 0 unspecified atom stereocenters. The van der Waals surface area contributed by atoms with Crippen LogP contribution in [0.5, 0.6) is 5.75 Å². The van der Waals surface area contributed by atoms with Crippen LogP contribution in [0.1, 0.15) is 35.2 Å². The number of aryl methyl sites for hydroxylation is 1. The molecule has 0 bridgehead atoms. The van der Waals surface area contributed by atoms with Gasteiger partial charge in [0.25, 0.3) is 15.9 Å². The predicted molar refractivity (Wildman–Crippen MR) is 120 cm³/mol. The number of nitrogens with two attached hydrogens (primary N) is 1. The minimum Gasteiger partial charge on any atom is -0.495 e. The lowest BCUT2D eigenvalue weighted by Gasteiger charge is -2.32. The predicted octanol–water partition coefficient (Wildman–Crippen LogP) is 2.17. The van der Waals surface area contributed by atoms with E-state index in [0.717, 1.165) is 12.0 Å². The number of carbonyl (C=O) groups is 2. The number of anilines is 1. The monoisotopic (exact) mass is 457 g/mol. The van der Waals surface area contributed by atoms with E-state index in [0.29, 0.717) is 38.0 Å². The summed E-state index contributed by atoms with van der Waals surface area (Å²) in [6.45, 7) is 1.09. The maximum atomic E-state index is 13.7. The van der Waals surface area contributed by atoms with Gasteiger partial charge in [-0.1, -0.05) is 18.2 Å². The molecule has 9 heteroatoms. The largest absolute Gasteiger partial charge is 0.495 e. The van der Waals surface area contributed by atoms with Crippen LogP contribution in [0.3, 0.4) is 0 Å². The van der Waals surface area contributed by atoms with Gasteiger partial charge in [-0.2, -0.15) is 0 Å². The van der Waals surface area contributed by atoms with E-state index in [4.69, 9.17) is 10.5 Å². The highest BCUT2D eigenvalue weighted by atomic mass is 32.2. The van der Waals surface area contributed by atoms with Crippen molar-refractivity contribution in [2.75, 3.05) is 31.0 Å². The zero-order valence-corrected chi connectivity index (χ0v) is 18.8. The second-order valence-corrected chi connectivity index (χ2v) is 10.00. The van der Waals surface area contributed by atoms with Crippen LogP contribution in [-0.2, 0) is 21.2 Å². The number of methoxy groups -OCH3 is 1. The molecule has 0 aliphatic carbocycles. The van der Waals surface area contributed by atoms with E-state index in [9.17, 15) is 18.0 Å². The number of benzene rings is 2. The first-order valence-corrected chi connectivity index (χ1v) is 12.1. The Kier molecular flexibility index (Phi) is 6.10. The van der Waals surface area contributed by atoms with Crippen LogP contribution in [0.2, 0.25) is 0 Å². The van der Waals surface area contributed by atoms with Crippen LogP contribution in [-0.4, -0.2) is 51.9 Å². The molecular formula is C23H27N3O5S. The number of primary amides is 1. The average Bonchev–Trinajstić information content (AvgIpc) is 2.82. The summed E-state index contributed by atoms with van der Waals surface area (Å²) in [5.41, 5.74) is 7.29. The summed E-state index contributed by atoms with van der Waals surface area (Å²) in [7, 11) is -2.56. The van der Waals surface area contributed by atoms with Gasteiger partial charge in [0.2, 0.25) is 5.91 Å². The minimum absolute atomic E-state index is 0.0500. The number of piperidine rings is 1. The number of amides is 2. The van der Waals surface area contributed by atoms with Crippen molar-refractivity contribution in [3.8, 4) is 5.75 Å². The van der Waals surface area contributed by atoms with E-state index in [1.54, 1.807) is 17.0 Å². The van der Waals surface area contributed by atoms with Crippen LogP contribution >= 0.6 is 0 Å². The molecule has 2 aliphatic rings. The van der Waals surface area contributed by atoms with Crippen molar-refractivity contribution in [2.45, 2.75) is 30.6 Å². The van der Waals surface area contributed by atoms with Gasteiger partial charge in [-0.3, -0.25) is 13.9 Å². The second-order valence-electron chi connectivity index (χ2n) is 8.17. The van der Waals surface area contributed by atoms with Gasteiger partial charge >= 0.3 is 0 Å². The molecule has 1 fully saturated rings. The zero-order valence-electron chi connectivity index (χ0n) is 18.0. The Morgan fingerprint density at radius 1 is 1.09 bits per heavy atom. The van der Waals surface area contributed by atoms with E-state index in [1.807, 2.05) is 18.2 Å². The van der Waals surface area contributed by atoms with Gasteiger partial charge in [0.1, 0.15) is 10.6 Å². The van der Waals surface area contributed by atoms with E-state index < -0.39 is 15.9 Å². The minimum atomic E-state index is -3.97. The standard InChI is InChI=1S/C23H27N3O5S/c1-31-20-11-10-17(23(28)25-12-4-8-18(15-25)22(24)27)14-21(20)32(29,30)26-13-5-7-16-6-2-3-9-19(16)26/h2-3,6,9-11,14,18H,4-5,7-8,12-13,15H2,1H3,(H2,24,27)/t18-/m0/s1. The summed E-state index contributed by atoms with van der Waals surface area (Å²) in [6.07, 6.45) is 2.84. The topological polar surface area (TPSA) is 110 Å². The van der Waals surface area contributed by atoms with E-state index in [1.165, 1.54) is 23.5 Å². The van der Waals surface area contributed by atoms with Crippen LogP contribution in [0, 0.1) is 5.92 Å². The van der Waals surface area contributed by atoms with Crippen molar-refractivity contribution in [3.63, 3.8) is 0 Å². The number of hydrogen-bond donors (Lipinski definition) is 1. The first-order chi connectivity index (χ1) is 15.3. The highest BCUT2D eigenvalue weighted by Gasteiger charge is 2.33. The smallest absolute Gasteiger partial charge is 0.268 e. The number of carbonyl (C=O) groups excluding carboxylic acids is 2. The van der Waals surface area contributed by atoms with Gasteiger partial charge in [-0.15, -0.1) is 0 Å². The summed E-state index contributed by atoms with van der Waals surface area (Å²) in [5.74, 6) is -0.962. The molecule has 2 aromatic carbocycles. The van der Waals surface area contributed by atoms with Gasteiger partial charge in [0.15, 0.2) is 0 Å². The van der Waals surface area contributed by atoms with Crippen molar-refractivity contribution in [2.24, 2.45) is 11.7 Å². The average molecular weight is 458 g/mol. The lowest BCUT2D eigenvalue weighted by Crippen LogP contribution is -2.44. The van der Waals surface area contributed by atoms with Crippen molar-refractivity contribution in [3.05, 3.63) is 53.6 Å². The Hall–Kier alpha value is -3.07. The number of para-hydroxylation sites is 1. The molecule has 2 heterocycles. The third-order valence-corrected chi connectivity index (χ3v) is 7.99. The molecule has 2 aliphatic heterocycles. The Morgan fingerprint density at radius 2 is 1.88 bits per heavy atom. The molecule has 8 nitrogen and oxygen atoms in total. The van der Waals surface area contributed by atoms with Crippen molar-refractivity contribution in [1.29, 1.82) is 0 Å². The molecule has 4 rings (SSSR count). The lowest BCUT2D eigenvalue weighted by atomic mass is 9.97. The summed E-state index contributed by atoms with van der Waals surface area (Å²) in [6, 6.07) is 11.9. The Balaban J connectivity index is 1.70. The van der Waals surface area contributed by atoms with Gasteiger partial charge in [0.05, 0.1) is 18.7 Å². The number of likely N-dealkylation sites (tertiary alicyclic amines) is 1. The molecule has 2 amide bonds. The molecule has 0 saturated carbocycles. The van der Waals surface area contributed by atoms with Gasteiger partial charge < -0.3 is 15.4 Å². The first kappa shape index (κ1) is 22.1. The molecule has 1 atom stereocenters. The Morgan fingerprint density at radius 3 is 2.62 bits per heavy atom. The molecular weight excluding hydrogens is 430 g/mol. The Labute approximate surface area is 188 Å². The van der Waals surface area contributed by atoms with E-state index in [-0.39, 0.29) is 34.6 Å². The number of sulfonamides is 1. The van der Waals surface area contributed by atoms with Gasteiger partial charge in [-0.25, -0.2) is 8.42 Å². The summed E-state index contributed by atoms with van der Waals surface area (Å²) in [5, 5.41) is 0. The summed E-state index contributed by atoms with van der Waals surface area (Å²) in [4.78, 5) is 26.2. The molecule has 170 valence electrons. The molecule has 0 aromatic heterocycles. The Bertz CT molecular complexity index is 1150. The fourth-order valence-electron chi connectivity index (χ4n) is 4.46. The fraction of sp³-hybridized carbons (Fsp3) is 0.391. The van der Waals surface area contributed by atoms with Crippen LogP contribution < -0.4 is 14.8 Å². The van der Waals surface area contributed by atoms with Crippen molar-refractivity contribution < 1.29 is 22.7 Å². The molecule has 2 aromatic rings. The maximum absolute atomic E-state index is 13.7. The molecule has 1 saturated heterocycles. The van der Waals surface area contributed by atoms with Crippen LogP contribution in [0.25, 0.3) is 0 Å². The molecule has 0 radical (unpaired) electrons. The second kappa shape index (κ2) is 8.82. The highest BCUT2D eigenvalue weighted by molar-refractivity contribution is 7.93. The third-order valence-electron chi connectivity index (χ3n) is 6.16. The maximum Gasteiger partial charge on any atom is 0.268 e. The molecule has 0 spiro atoms. The SMILES string of the molecule is COc1ccc(C(=O)N2CCC[C@H](C(N)=O)C2)cc1S(=O)(=O)N1CCCc2ccccc21. The normalized spacial score (nSPS) is 18.7. The number of nitrogens with zero attached hydrogens (tertiary/aromatic N) is 2. The van der Waals surface area contributed by atoms with Crippen molar-refractivity contribution >= 4 is 27.5 Å². The first-order valence-electron chi connectivity index (χ1n) is 10.7. The fourth-order valence-corrected chi connectivity index (χ4v) is 6.18.